The summed E-state index contributed by atoms with van der Waals surface area (Å²) >= 11 is 1.51. The summed E-state index contributed by atoms with van der Waals surface area (Å²) in [5, 5.41) is 2.78. The molecule has 6 nitrogen and oxygen atoms in total. The summed E-state index contributed by atoms with van der Waals surface area (Å²) in [7, 11) is 1.62. The third-order valence-electron chi connectivity index (χ3n) is 4.15. The molecule has 3 rings (SSSR count). The number of carbonyl (C=O) groups excluding carboxylic acids is 1. The summed E-state index contributed by atoms with van der Waals surface area (Å²) in [6.45, 7) is 3.93. The van der Waals surface area contributed by atoms with Gasteiger partial charge in [0.05, 0.1) is 43.7 Å². The molecule has 0 radical (unpaired) electrons. The molecule has 3 aromatic rings. The van der Waals surface area contributed by atoms with Crippen LogP contribution < -0.4 is 4.74 Å². The van der Waals surface area contributed by atoms with E-state index >= 15 is 0 Å². The Kier molecular flexibility index (Phi) is 7.22. The van der Waals surface area contributed by atoms with Crippen LogP contribution in [0.5, 0.6) is 5.75 Å². The van der Waals surface area contributed by atoms with E-state index in [1.54, 1.807) is 18.3 Å². The van der Waals surface area contributed by atoms with Crippen LogP contribution in [0, 0.1) is 0 Å². The van der Waals surface area contributed by atoms with E-state index in [1.165, 1.54) is 11.3 Å². The van der Waals surface area contributed by atoms with E-state index in [4.69, 9.17) is 13.9 Å². The van der Waals surface area contributed by atoms with Crippen LogP contribution in [0.3, 0.4) is 0 Å². The second-order valence-corrected chi connectivity index (χ2v) is 7.00. The van der Waals surface area contributed by atoms with E-state index in [9.17, 15) is 4.79 Å². The molecular weight excluding hydrogens is 376 g/mol. The number of aromatic nitrogens is 1. The lowest BCUT2D eigenvalue weighted by Crippen LogP contribution is -2.34. The molecular formula is C21H24N2O4S. The van der Waals surface area contributed by atoms with Gasteiger partial charge in [0.1, 0.15) is 16.5 Å². The lowest BCUT2D eigenvalue weighted by molar-refractivity contribution is -0.132. The zero-order valence-electron chi connectivity index (χ0n) is 16.1. The minimum atomic E-state index is -0.0107. The van der Waals surface area contributed by atoms with Gasteiger partial charge in [-0.05, 0) is 31.2 Å². The number of carbonyl (C=O) groups is 1. The first-order chi connectivity index (χ1) is 13.7. The molecule has 2 aromatic heterocycles. The van der Waals surface area contributed by atoms with Crippen LogP contribution in [0.15, 0.2) is 52.5 Å². The van der Waals surface area contributed by atoms with Gasteiger partial charge in [-0.2, -0.15) is 0 Å². The van der Waals surface area contributed by atoms with E-state index in [0.717, 1.165) is 27.8 Å². The van der Waals surface area contributed by atoms with E-state index in [0.29, 0.717) is 26.3 Å². The zero-order chi connectivity index (χ0) is 19.8. The van der Waals surface area contributed by atoms with E-state index < -0.39 is 0 Å². The molecule has 0 bridgehead atoms. The molecule has 1 aromatic carbocycles. The highest BCUT2D eigenvalue weighted by Crippen LogP contribution is 2.32. The van der Waals surface area contributed by atoms with E-state index in [-0.39, 0.29) is 12.3 Å². The Morgan fingerprint density at radius 1 is 1.25 bits per heavy atom. The monoisotopic (exact) mass is 400 g/mol. The average Bonchev–Trinajstić information content (AvgIpc) is 3.38. The maximum atomic E-state index is 12.8. The van der Waals surface area contributed by atoms with Crippen molar-refractivity contribution in [1.29, 1.82) is 0 Å². The summed E-state index contributed by atoms with van der Waals surface area (Å²) in [4.78, 5) is 19.2. The Morgan fingerprint density at radius 2 is 2.11 bits per heavy atom. The van der Waals surface area contributed by atoms with Gasteiger partial charge < -0.3 is 18.8 Å². The van der Waals surface area contributed by atoms with Crippen molar-refractivity contribution in [2.45, 2.75) is 19.9 Å². The highest BCUT2D eigenvalue weighted by atomic mass is 32.1. The summed E-state index contributed by atoms with van der Waals surface area (Å²) in [6, 6.07) is 11.5. The Bertz CT molecular complexity index is 876. The predicted octanol–water partition coefficient (Wildman–Crippen LogP) is 4.02. The number of benzene rings is 1. The maximum Gasteiger partial charge on any atom is 0.229 e. The molecule has 0 spiro atoms. The van der Waals surface area contributed by atoms with Gasteiger partial charge in [0.2, 0.25) is 5.91 Å². The van der Waals surface area contributed by atoms with E-state index in [2.05, 4.69) is 4.98 Å². The molecule has 1 amide bonds. The second-order valence-electron chi connectivity index (χ2n) is 6.14. The molecule has 0 fully saturated rings. The molecule has 148 valence electrons. The van der Waals surface area contributed by atoms with Gasteiger partial charge in [-0.3, -0.25) is 4.79 Å². The van der Waals surface area contributed by atoms with Crippen molar-refractivity contribution in [3.8, 4) is 16.3 Å². The summed E-state index contributed by atoms with van der Waals surface area (Å²) in [6.07, 6.45) is 1.84. The molecule has 2 heterocycles. The van der Waals surface area contributed by atoms with Crippen molar-refractivity contribution in [3.05, 3.63) is 59.5 Å². The highest BCUT2D eigenvalue weighted by Gasteiger charge is 2.18. The molecule has 7 heteroatoms. The SMILES string of the molecule is CCOc1ccccc1-c1nc(CC(=O)N(CCOC)Cc2ccco2)cs1. The van der Waals surface area contributed by atoms with Crippen molar-refractivity contribution in [1.82, 2.24) is 9.88 Å². The molecule has 0 saturated carbocycles. The molecule has 0 atom stereocenters. The molecule has 28 heavy (non-hydrogen) atoms. The van der Waals surface area contributed by atoms with Gasteiger partial charge in [0.25, 0.3) is 0 Å². The second kappa shape index (κ2) is 10.1. The molecule has 0 aliphatic carbocycles. The summed E-state index contributed by atoms with van der Waals surface area (Å²) in [5.41, 5.74) is 1.69. The minimum absolute atomic E-state index is 0.0107. The van der Waals surface area contributed by atoms with Gasteiger partial charge in [0, 0.05) is 19.0 Å². The number of hydrogen-bond acceptors (Lipinski definition) is 6. The fraction of sp³-hybridized carbons (Fsp3) is 0.333. The molecule has 0 aliphatic heterocycles. The van der Waals surface area contributed by atoms with Gasteiger partial charge in [-0.15, -0.1) is 11.3 Å². The molecule has 0 aliphatic rings. The van der Waals surface area contributed by atoms with Crippen molar-refractivity contribution in [2.75, 3.05) is 26.9 Å². The Hall–Kier alpha value is -2.64. The third-order valence-corrected chi connectivity index (χ3v) is 5.07. The summed E-state index contributed by atoms with van der Waals surface area (Å²) in [5.74, 6) is 1.54. The number of rotatable bonds is 10. The van der Waals surface area contributed by atoms with Crippen LogP contribution in [0.1, 0.15) is 18.4 Å². The Labute approximate surface area is 168 Å². The minimum Gasteiger partial charge on any atom is -0.493 e. The smallest absolute Gasteiger partial charge is 0.229 e. The quantitative estimate of drug-likeness (QED) is 0.514. The first kappa shape index (κ1) is 20.1. The van der Waals surface area contributed by atoms with Crippen LogP contribution in [-0.2, 0) is 22.5 Å². The fourth-order valence-electron chi connectivity index (χ4n) is 2.79. The Balaban J connectivity index is 1.71. The number of para-hydroxylation sites is 1. The molecule has 0 unspecified atom stereocenters. The predicted molar refractivity (Wildman–Crippen MR) is 108 cm³/mol. The Morgan fingerprint density at radius 3 is 2.86 bits per heavy atom. The zero-order valence-corrected chi connectivity index (χ0v) is 16.9. The number of ether oxygens (including phenoxy) is 2. The normalized spacial score (nSPS) is 10.8. The number of thiazole rings is 1. The van der Waals surface area contributed by atoms with E-state index in [1.807, 2.05) is 48.7 Å². The summed E-state index contributed by atoms with van der Waals surface area (Å²) < 4.78 is 16.2. The molecule has 0 saturated heterocycles. The highest BCUT2D eigenvalue weighted by molar-refractivity contribution is 7.13. The van der Waals surface area contributed by atoms with Crippen LogP contribution in [0.4, 0.5) is 0 Å². The maximum absolute atomic E-state index is 12.8. The number of nitrogens with zero attached hydrogens (tertiary/aromatic N) is 2. The number of hydrogen-bond donors (Lipinski definition) is 0. The number of amides is 1. The van der Waals surface area contributed by atoms with Crippen molar-refractivity contribution >= 4 is 17.2 Å². The van der Waals surface area contributed by atoms with Crippen molar-refractivity contribution in [2.24, 2.45) is 0 Å². The van der Waals surface area contributed by atoms with Gasteiger partial charge in [-0.1, -0.05) is 12.1 Å². The lowest BCUT2D eigenvalue weighted by atomic mass is 10.2. The standard InChI is InChI=1S/C21H24N2O4S/c1-3-26-19-9-5-4-8-18(19)21-22-16(15-28-21)13-20(24)23(10-12-25-2)14-17-7-6-11-27-17/h4-9,11,15H,3,10,12-14H2,1-2H3. The van der Waals surface area contributed by atoms with Gasteiger partial charge in [0.15, 0.2) is 0 Å². The fourth-order valence-corrected chi connectivity index (χ4v) is 3.64. The van der Waals surface area contributed by atoms with Crippen molar-refractivity contribution < 1.29 is 18.7 Å². The topological polar surface area (TPSA) is 64.8 Å². The first-order valence-corrected chi connectivity index (χ1v) is 10.0. The first-order valence-electron chi connectivity index (χ1n) is 9.17. The average molecular weight is 401 g/mol. The number of furan rings is 1. The van der Waals surface area contributed by atoms with Crippen LogP contribution in [-0.4, -0.2) is 42.7 Å². The lowest BCUT2D eigenvalue weighted by Gasteiger charge is -2.21. The largest absolute Gasteiger partial charge is 0.493 e. The van der Waals surface area contributed by atoms with Crippen LogP contribution in [0.25, 0.3) is 10.6 Å². The number of methoxy groups -OCH3 is 1. The van der Waals surface area contributed by atoms with Gasteiger partial charge >= 0.3 is 0 Å². The van der Waals surface area contributed by atoms with Crippen LogP contribution >= 0.6 is 11.3 Å². The van der Waals surface area contributed by atoms with Crippen molar-refractivity contribution in [3.63, 3.8) is 0 Å². The van der Waals surface area contributed by atoms with Gasteiger partial charge in [-0.25, -0.2) is 4.98 Å². The molecule has 0 N–H and O–H groups in total. The van der Waals surface area contributed by atoms with Crippen LogP contribution in [0.2, 0.25) is 0 Å². The third kappa shape index (κ3) is 5.21.